The number of nitrogens with one attached hydrogen (secondary N) is 1. The summed E-state index contributed by atoms with van der Waals surface area (Å²) in [7, 11) is 0. The highest BCUT2D eigenvalue weighted by molar-refractivity contribution is 4.85. The zero-order valence-corrected chi connectivity index (χ0v) is 7.47. The monoisotopic (exact) mass is 153 g/mol. The molecule has 2 fully saturated rings. The van der Waals surface area contributed by atoms with Crippen molar-refractivity contribution in [2.75, 3.05) is 13.1 Å². The molecule has 1 heteroatoms. The standard InChI is InChI=1S/C10H19N/c1-8-2-3-10(8)9-4-6-11-7-5-9/h8-11H,2-7H2,1H3. The molecule has 0 radical (unpaired) electrons. The van der Waals surface area contributed by atoms with Crippen molar-refractivity contribution in [1.82, 2.24) is 5.32 Å². The molecule has 1 saturated carbocycles. The Morgan fingerprint density at radius 3 is 2.18 bits per heavy atom. The zero-order chi connectivity index (χ0) is 7.68. The van der Waals surface area contributed by atoms with Crippen molar-refractivity contribution in [1.29, 1.82) is 0 Å². The lowest BCUT2D eigenvalue weighted by Crippen LogP contribution is -2.37. The maximum Gasteiger partial charge on any atom is -0.00462 e. The van der Waals surface area contributed by atoms with Crippen LogP contribution >= 0.6 is 0 Å². The average molecular weight is 153 g/mol. The smallest absolute Gasteiger partial charge is 0.00462 e. The third kappa shape index (κ3) is 1.44. The summed E-state index contributed by atoms with van der Waals surface area (Å²) in [5.41, 5.74) is 0. The van der Waals surface area contributed by atoms with Crippen molar-refractivity contribution in [3.63, 3.8) is 0 Å². The summed E-state index contributed by atoms with van der Waals surface area (Å²) in [5, 5.41) is 3.43. The van der Waals surface area contributed by atoms with Gasteiger partial charge in [0.25, 0.3) is 0 Å². The summed E-state index contributed by atoms with van der Waals surface area (Å²) in [4.78, 5) is 0. The molecule has 2 rings (SSSR count). The second kappa shape index (κ2) is 3.14. The van der Waals surface area contributed by atoms with Crippen molar-refractivity contribution in [2.45, 2.75) is 32.6 Å². The van der Waals surface area contributed by atoms with Crippen molar-refractivity contribution in [3.8, 4) is 0 Å². The van der Waals surface area contributed by atoms with Crippen LogP contribution in [0.4, 0.5) is 0 Å². The Morgan fingerprint density at radius 1 is 1.00 bits per heavy atom. The molecule has 2 unspecified atom stereocenters. The lowest BCUT2D eigenvalue weighted by molar-refractivity contribution is 0.0966. The van der Waals surface area contributed by atoms with E-state index in [4.69, 9.17) is 0 Å². The molecule has 0 bridgehead atoms. The van der Waals surface area contributed by atoms with Gasteiger partial charge in [-0.2, -0.15) is 0 Å². The summed E-state index contributed by atoms with van der Waals surface area (Å²) in [6.45, 7) is 4.97. The van der Waals surface area contributed by atoms with E-state index in [1.165, 1.54) is 38.8 Å². The molecule has 1 N–H and O–H groups in total. The Labute approximate surface area is 69.6 Å². The van der Waals surface area contributed by atoms with Crippen LogP contribution in [0.3, 0.4) is 0 Å². The van der Waals surface area contributed by atoms with Crippen LogP contribution in [0.25, 0.3) is 0 Å². The van der Waals surface area contributed by atoms with Gasteiger partial charge >= 0.3 is 0 Å². The topological polar surface area (TPSA) is 12.0 Å². The fourth-order valence-electron chi connectivity index (χ4n) is 2.67. The van der Waals surface area contributed by atoms with Gasteiger partial charge in [0.15, 0.2) is 0 Å². The SMILES string of the molecule is CC1CCC1C1CCNCC1. The van der Waals surface area contributed by atoms with Crippen LogP contribution in [-0.2, 0) is 0 Å². The normalized spacial score (nSPS) is 40.1. The van der Waals surface area contributed by atoms with E-state index < -0.39 is 0 Å². The molecule has 1 nitrogen and oxygen atoms in total. The van der Waals surface area contributed by atoms with Crippen LogP contribution in [0.2, 0.25) is 0 Å². The summed E-state index contributed by atoms with van der Waals surface area (Å²) < 4.78 is 0. The third-order valence-electron chi connectivity index (χ3n) is 3.68. The highest BCUT2D eigenvalue weighted by atomic mass is 14.9. The first-order chi connectivity index (χ1) is 5.38. The molecule has 1 saturated heterocycles. The van der Waals surface area contributed by atoms with Gasteiger partial charge in [0.1, 0.15) is 0 Å². The van der Waals surface area contributed by atoms with Crippen LogP contribution in [0, 0.1) is 17.8 Å². The van der Waals surface area contributed by atoms with E-state index in [2.05, 4.69) is 12.2 Å². The van der Waals surface area contributed by atoms with Gasteiger partial charge in [0.2, 0.25) is 0 Å². The average Bonchev–Trinajstić information content (AvgIpc) is 2.04. The van der Waals surface area contributed by atoms with Gasteiger partial charge in [-0.1, -0.05) is 13.3 Å². The van der Waals surface area contributed by atoms with Gasteiger partial charge < -0.3 is 5.32 Å². The molecular weight excluding hydrogens is 134 g/mol. The molecule has 0 aromatic carbocycles. The molecule has 11 heavy (non-hydrogen) atoms. The molecule has 1 aliphatic heterocycles. The van der Waals surface area contributed by atoms with E-state index in [1.807, 2.05) is 0 Å². The zero-order valence-electron chi connectivity index (χ0n) is 7.47. The minimum absolute atomic E-state index is 1.04. The van der Waals surface area contributed by atoms with Gasteiger partial charge in [-0.05, 0) is 50.1 Å². The summed E-state index contributed by atoms with van der Waals surface area (Å²) in [6.07, 6.45) is 5.89. The first-order valence-electron chi connectivity index (χ1n) is 5.08. The number of piperidine rings is 1. The van der Waals surface area contributed by atoms with E-state index in [0.29, 0.717) is 0 Å². The van der Waals surface area contributed by atoms with E-state index in [9.17, 15) is 0 Å². The second-order valence-electron chi connectivity index (χ2n) is 4.31. The predicted molar refractivity (Wildman–Crippen MR) is 47.5 cm³/mol. The maximum absolute atomic E-state index is 3.43. The van der Waals surface area contributed by atoms with Crippen LogP contribution in [0.5, 0.6) is 0 Å². The molecule has 1 aliphatic carbocycles. The molecule has 2 aliphatic rings. The van der Waals surface area contributed by atoms with Crippen LogP contribution in [0.1, 0.15) is 32.6 Å². The van der Waals surface area contributed by atoms with E-state index in [1.54, 1.807) is 0 Å². The van der Waals surface area contributed by atoms with Crippen molar-refractivity contribution < 1.29 is 0 Å². The van der Waals surface area contributed by atoms with Crippen molar-refractivity contribution >= 4 is 0 Å². The lowest BCUT2D eigenvalue weighted by Gasteiger charge is -2.41. The Morgan fingerprint density at radius 2 is 1.73 bits per heavy atom. The minimum atomic E-state index is 1.04. The molecule has 0 aromatic heterocycles. The molecule has 0 amide bonds. The Hall–Kier alpha value is -0.0400. The van der Waals surface area contributed by atoms with Gasteiger partial charge in [-0.25, -0.2) is 0 Å². The Kier molecular flexibility index (Phi) is 2.17. The van der Waals surface area contributed by atoms with Gasteiger partial charge in [0.05, 0.1) is 0 Å². The van der Waals surface area contributed by atoms with Crippen molar-refractivity contribution in [3.05, 3.63) is 0 Å². The highest BCUT2D eigenvalue weighted by Gasteiger charge is 2.33. The van der Waals surface area contributed by atoms with Gasteiger partial charge in [-0.3, -0.25) is 0 Å². The van der Waals surface area contributed by atoms with Crippen LogP contribution in [0.15, 0.2) is 0 Å². The lowest BCUT2D eigenvalue weighted by atomic mass is 9.65. The molecular formula is C10H19N. The largest absolute Gasteiger partial charge is 0.317 e. The molecule has 0 aromatic rings. The third-order valence-corrected chi connectivity index (χ3v) is 3.68. The highest BCUT2D eigenvalue weighted by Crippen LogP contribution is 2.42. The first-order valence-corrected chi connectivity index (χ1v) is 5.08. The number of hydrogen-bond acceptors (Lipinski definition) is 1. The number of rotatable bonds is 1. The van der Waals surface area contributed by atoms with Crippen LogP contribution in [-0.4, -0.2) is 13.1 Å². The van der Waals surface area contributed by atoms with E-state index in [-0.39, 0.29) is 0 Å². The quantitative estimate of drug-likeness (QED) is 0.608. The Balaban J connectivity index is 1.83. The molecule has 1 heterocycles. The number of hydrogen-bond donors (Lipinski definition) is 1. The minimum Gasteiger partial charge on any atom is -0.317 e. The van der Waals surface area contributed by atoms with Gasteiger partial charge in [0, 0.05) is 0 Å². The fourth-order valence-corrected chi connectivity index (χ4v) is 2.67. The summed E-state index contributed by atoms with van der Waals surface area (Å²) in [6, 6.07) is 0. The molecule has 64 valence electrons. The maximum atomic E-state index is 3.43. The summed E-state index contributed by atoms with van der Waals surface area (Å²) >= 11 is 0. The molecule has 2 atom stereocenters. The fraction of sp³-hybridized carbons (Fsp3) is 1.00. The van der Waals surface area contributed by atoms with Crippen molar-refractivity contribution in [2.24, 2.45) is 17.8 Å². The molecule has 0 spiro atoms. The van der Waals surface area contributed by atoms with E-state index >= 15 is 0 Å². The first kappa shape index (κ1) is 7.60. The summed E-state index contributed by atoms with van der Waals surface area (Å²) in [5.74, 6) is 3.20. The van der Waals surface area contributed by atoms with Crippen LogP contribution < -0.4 is 5.32 Å². The second-order valence-corrected chi connectivity index (χ2v) is 4.31. The predicted octanol–water partition coefficient (Wildman–Crippen LogP) is 2.03. The van der Waals surface area contributed by atoms with Gasteiger partial charge in [-0.15, -0.1) is 0 Å². The Bertz CT molecular complexity index is 127. The van der Waals surface area contributed by atoms with E-state index in [0.717, 1.165) is 17.8 Å².